The van der Waals surface area contributed by atoms with Crippen molar-refractivity contribution in [3.63, 3.8) is 0 Å². The molecule has 20 heavy (non-hydrogen) atoms. The molecule has 0 aliphatic carbocycles. The van der Waals surface area contributed by atoms with Gasteiger partial charge in [-0.25, -0.2) is 0 Å². The van der Waals surface area contributed by atoms with Crippen LogP contribution >= 0.6 is 12.4 Å². The van der Waals surface area contributed by atoms with Gasteiger partial charge in [-0.15, -0.1) is 12.4 Å². The van der Waals surface area contributed by atoms with Crippen molar-refractivity contribution < 1.29 is 14.6 Å². The van der Waals surface area contributed by atoms with Gasteiger partial charge in [-0.05, 0) is 24.9 Å². The van der Waals surface area contributed by atoms with Crippen LogP contribution in [0.5, 0.6) is 0 Å². The molecule has 0 saturated carbocycles. The number of carboxylic acids is 1. The van der Waals surface area contributed by atoms with Gasteiger partial charge in [0.1, 0.15) is 0 Å². The van der Waals surface area contributed by atoms with Gasteiger partial charge in [0.15, 0.2) is 0 Å². The molecule has 1 aliphatic heterocycles. The van der Waals surface area contributed by atoms with Crippen LogP contribution in [0.3, 0.4) is 0 Å². The van der Waals surface area contributed by atoms with Gasteiger partial charge in [-0.2, -0.15) is 0 Å². The van der Waals surface area contributed by atoms with Crippen LogP contribution in [0, 0.1) is 0 Å². The zero-order valence-corrected chi connectivity index (χ0v) is 12.3. The van der Waals surface area contributed by atoms with E-state index in [9.17, 15) is 4.79 Å². The summed E-state index contributed by atoms with van der Waals surface area (Å²) < 4.78 is 5.58. The number of ether oxygens (including phenoxy) is 1. The number of nitrogens with zero attached hydrogens (tertiary/aromatic N) is 1. The van der Waals surface area contributed by atoms with Gasteiger partial charge in [0.2, 0.25) is 0 Å². The zero-order valence-electron chi connectivity index (χ0n) is 11.5. The van der Waals surface area contributed by atoms with Crippen LogP contribution in [0.4, 0.5) is 0 Å². The fraction of sp³-hybridized carbons (Fsp3) is 0.533. The lowest BCUT2D eigenvalue weighted by Crippen LogP contribution is -2.40. The molecule has 1 fully saturated rings. The molecule has 4 nitrogen and oxygen atoms in total. The van der Waals surface area contributed by atoms with E-state index in [1.54, 1.807) is 0 Å². The molecule has 1 unspecified atom stereocenters. The average Bonchev–Trinajstić information content (AvgIpc) is 2.45. The molecule has 1 atom stereocenters. The molecule has 2 rings (SSSR count). The number of hydrogen-bond acceptors (Lipinski definition) is 3. The number of halogens is 1. The van der Waals surface area contributed by atoms with Crippen LogP contribution in [-0.2, 0) is 9.53 Å². The van der Waals surface area contributed by atoms with E-state index >= 15 is 0 Å². The minimum absolute atomic E-state index is 0. The van der Waals surface area contributed by atoms with Gasteiger partial charge in [-0.3, -0.25) is 9.69 Å². The number of carboxylic acid groups (broad SMARTS) is 1. The van der Waals surface area contributed by atoms with Crippen LogP contribution in [0.2, 0.25) is 0 Å². The van der Waals surface area contributed by atoms with E-state index in [1.165, 1.54) is 5.56 Å². The quantitative estimate of drug-likeness (QED) is 0.821. The van der Waals surface area contributed by atoms with E-state index in [2.05, 4.69) is 17.0 Å². The van der Waals surface area contributed by atoms with Crippen molar-refractivity contribution in [2.45, 2.75) is 25.3 Å². The van der Waals surface area contributed by atoms with Gasteiger partial charge in [-0.1, -0.05) is 30.3 Å². The second-order valence-corrected chi connectivity index (χ2v) is 4.89. The van der Waals surface area contributed by atoms with Gasteiger partial charge in [0.05, 0.1) is 19.3 Å². The van der Waals surface area contributed by atoms with Crippen LogP contribution in [-0.4, -0.2) is 42.3 Å². The molecule has 0 aromatic heterocycles. The highest BCUT2D eigenvalue weighted by atomic mass is 35.5. The summed E-state index contributed by atoms with van der Waals surface area (Å²) in [5, 5.41) is 8.65. The summed E-state index contributed by atoms with van der Waals surface area (Å²) >= 11 is 0. The number of hydrogen-bond donors (Lipinski definition) is 1. The third kappa shape index (κ3) is 5.12. The Hall–Kier alpha value is -1.10. The number of aliphatic carboxylic acids is 1. The maximum absolute atomic E-state index is 10.5. The van der Waals surface area contributed by atoms with E-state index in [1.807, 2.05) is 18.2 Å². The van der Waals surface area contributed by atoms with E-state index in [4.69, 9.17) is 9.84 Å². The molecule has 1 aromatic carbocycles. The fourth-order valence-corrected chi connectivity index (χ4v) is 2.48. The average molecular weight is 300 g/mol. The molecule has 5 heteroatoms. The standard InChI is InChI=1S/C15H21NO3.ClH/c17-15(18)8-4-5-9-16-10-11-19-12-14(16)13-6-2-1-3-7-13;/h1-3,6-7,14H,4-5,8-12H2,(H,17,18);1H. The SMILES string of the molecule is Cl.O=C(O)CCCCN1CCOCC1c1ccccc1. The van der Waals surface area contributed by atoms with E-state index in [0.29, 0.717) is 6.04 Å². The molecule has 0 bridgehead atoms. The Balaban J connectivity index is 0.00000200. The zero-order chi connectivity index (χ0) is 13.5. The van der Waals surface area contributed by atoms with Crippen molar-refractivity contribution >= 4 is 18.4 Å². The highest BCUT2D eigenvalue weighted by molar-refractivity contribution is 5.85. The molecule has 1 N–H and O–H groups in total. The maximum Gasteiger partial charge on any atom is 0.303 e. The van der Waals surface area contributed by atoms with Crippen molar-refractivity contribution in [3.8, 4) is 0 Å². The molecule has 1 saturated heterocycles. The monoisotopic (exact) mass is 299 g/mol. The number of carbonyl (C=O) groups is 1. The predicted octanol–water partition coefficient (Wildman–Crippen LogP) is 2.74. The largest absolute Gasteiger partial charge is 0.481 e. The molecule has 0 amide bonds. The van der Waals surface area contributed by atoms with Crippen molar-refractivity contribution in [2.24, 2.45) is 0 Å². The molecular weight excluding hydrogens is 278 g/mol. The van der Waals surface area contributed by atoms with Crippen molar-refractivity contribution in [1.82, 2.24) is 4.90 Å². The van der Waals surface area contributed by atoms with Crippen LogP contribution < -0.4 is 0 Å². The second-order valence-electron chi connectivity index (χ2n) is 4.89. The third-order valence-electron chi connectivity index (χ3n) is 3.51. The number of morpholine rings is 1. The second kappa shape index (κ2) is 8.95. The summed E-state index contributed by atoms with van der Waals surface area (Å²) in [4.78, 5) is 12.9. The van der Waals surface area contributed by atoms with Gasteiger partial charge in [0.25, 0.3) is 0 Å². The Morgan fingerprint density at radius 2 is 2.05 bits per heavy atom. The third-order valence-corrected chi connectivity index (χ3v) is 3.51. The van der Waals surface area contributed by atoms with Crippen molar-refractivity contribution in [2.75, 3.05) is 26.3 Å². The van der Waals surface area contributed by atoms with Crippen LogP contribution in [0.25, 0.3) is 0 Å². The Morgan fingerprint density at radius 1 is 1.30 bits per heavy atom. The first-order valence-electron chi connectivity index (χ1n) is 6.86. The molecule has 1 aromatic rings. The van der Waals surface area contributed by atoms with Gasteiger partial charge < -0.3 is 9.84 Å². The smallest absolute Gasteiger partial charge is 0.303 e. The summed E-state index contributed by atoms with van der Waals surface area (Å²) in [6.07, 6.45) is 1.93. The first kappa shape index (κ1) is 17.0. The highest BCUT2D eigenvalue weighted by Gasteiger charge is 2.23. The molecule has 0 radical (unpaired) electrons. The Labute approximate surface area is 126 Å². The van der Waals surface area contributed by atoms with E-state index in [0.717, 1.165) is 39.1 Å². The molecule has 112 valence electrons. The summed E-state index contributed by atoms with van der Waals surface area (Å²) in [6, 6.07) is 10.7. The number of unbranched alkanes of at least 4 members (excludes halogenated alkanes) is 1. The molecule has 0 spiro atoms. The minimum atomic E-state index is -0.707. The van der Waals surface area contributed by atoms with Gasteiger partial charge >= 0.3 is 5.97 Å². The number of benzene rings is 1. The molecule has 1 heterocycles. The summed E-state index contributed by atoms with van der Waals surface area (Å²) in [5.41, 5.74) is 1.28. The van der Waals surface area contributed by atoms with E-state index in [-0.39, 0.29) is 18.8 Å². The maximum atomic E-state index is 10.5. The summed E-state index contributed by atoms with van der Waals surface area (Å²) in [6.45, 7) is 3.36. The lowest BCUT2D eigenvalue weighted by atomic mass is 10.0. The fourth-order valence-electron chi connectivity index (χ4n) is 2.48. The summed E-state index contributed by atoms with van der Waals surface area (Å²) in [7, 11) is 0. The first-order chi connectivity index (χ1) is 9.27. The topological polar surface area (TPSA) is 49.8 Å². The Morgan fingerprint density at radius 3 is 2.75 bits per heavy atom. The normalized spacial score (nSPS) is 19.3. The minimum Gasteiger partial charge on any atom is -0.481 e. The predicted molar refractivity (Wildman–Crippen MR) is 80.3 cm³/mol. The van der Waals surface area contributed by atoms with Crippen molar-refractivity contribution in [1.29, 1.82) is 0 Å². The lowest BCUT2D eigenvalue weighted by Gasteiger charge is -2.35. The van der Waals surface area contributed by atoms with Crippen LogP contribution in [0.1, 0.15) is 30.9 Å². The van der Waals surface area contributed by atoms with Crippen molar-refractivity contribution in [3.05, 3.63) is 35.9 Å². The molecular formula is C15H22ClNO3. The lowest BCUT2D eigenvalue weighted by molar-refractivity contribution is -0.137. The highest BCUT2D eigenvalue weighted by Crippen LogP contribution is 2.24. The first-order valence-corrected chi connectivity index (χ1v) is 6.86. The Bertz CT molecular complexity index is 399. The van der Waals surface area contributed by atoms with E-state index < -0.39 is 5.97 Å². The Kier molecular flexibility index (Phi) is 7.59. The van der Waals surface area contributed by atoms with Gasteiger partial charge in [0, 0.05) is 13.0 Å². The number of rotatable bonds is 6. The summed E-state index contributed by atoms with van der Waals surface area (Å²) in [5.74, 6) is -0.707. The van der Waals surface area contributed by atoms with Crippen LogP contribution in [0.15, 0.2) is 30.3 Å². The molecule has 1 aliphatic rings.